The van der Waals surface area contributed by atoms with Gasteiger partial charge in [-0.2, -0.15) is 4.98 Å². The van der Waals surface area contributed by atoms with E-state index in [1.165, 1.54) is 11.1 Å². The van der Waals surface area contributed by atoms with Crippen molar-refractivity contribution in [3.05, 3.63) is 46.1 Å². The summed E-state index contributed by atoms with van der Waals surface area (Å²) >= 11 is 3.32. The van der Waals surface area contributed by atoms with Crippen LogP contribution < -0.4 is 10.1 Å². The zero-order chi connectivity index (χ0) is 13.0. The average molecular weight is 308 g/mol. The normalized spacial score (nSPS) is 10.2. The van der Waals surface area contributed by atoms with Gasteiger partial charge in [0.05, 0.1) is 17.8 Å². The van der Waals surface area contributed by atoms with Crippen LogP contribution >= 0.6 is 15.9 Å². The number of aromatic nitrogens is 2. The molecule has 2 rings (SSSR count). The first kappa shape index (κ1) is 12.8. The monoisotopic (exact) mass is 307 g/mol. The summed E-state index contributed by atoms with van der Waals surface area (Å²) < 4.78 is 5.86. The Kier molecular flexibility index (Phi) is 4.15. The summed E-state index contributed by atoms with van der Waals surface area (Å²) in [5, 5.41) is 3.17. The highest BCUT2D eigenvalue weighted by molar-refractivity contribution is 9.10. The first-order valence-corrected chi connectivity index (χ1v) is 6.34. The quantitative estimate of drug-likeness (QED) is 0.942. The molecule has 0 saturated heterocycles. The molecule has 2 aromatic rings. The van der Waals surface area contributed by atoms with Gasteiger partial charge in [-0.25, -0.2) is 4.98 Å². The van der Waals surface area contributed by atoms with Crippen molar-refractivity contribution in [3.8, 4) is 5.88 Å². The van der Waals surface area contributed by atoms with E-state index in [1.807, 2.05) is 6.07 Å². The van der Waals surface area contributed by atoms with Gasteiger partial charge >= 0.3 is 0 Å². The van der Waals surface area contributed by atoms with Gasteiger partial charge in [0.2, 0.25) is 11.8 Å². The standard InChI is InChI=1S/C13H14BrN3O/c1-9-4-3-5-10(6-9)7-15-13-16-8-11(14)12(17-13)18-2/h3-6,8H,7H2,1-2H3,(H,15,16,17). The highest BCUT2D eigenvalue weighted by Crippen LogP contribution is 2.21. The number of anilines is 1. The summed E-state index contributed by atoms with van der Waals surface area (Å²) in [4.78, 5) is 8.41. The molecule has 0 spiro atoms. The third-order valence-corrected chi connectivity index (χ3v) is 2.98. The number of benzene rings is 1. The molecule has 0 bridgehead atoms. The van der Waals surface area contributed by atoms with Gasteiger partial charge in [-0.1, -0.05) is 29.8 Å². The Morgan fingerprint density at radius 2 is 2.22 bits per heavy atom. The van der Waals surface area contributed by atoms with Gasteiger partial charge in [-0.05, 0) is 28.4 Å². The van der Waals surface area contributed by atoms with Crippen molar-refractivity contribution in [1.82, 2.24) is 9.97 Å². The molecular formula is C13H14BrN3O. The van der Waals surface area contributed by atoms with Crippen LogP contribution in [-0.2, 0) is 6.54 Å². The zero-order valence-electron chi connectivity index (χ0n) is 10.3. The van der Waals surface area contributed by atoms with Gasteiger partial charge in [0.1, 0.15) is 0 Å². The second kappa shape index (κ2) is 5.82. The maximum atomic E-state index is 5.12. The lowest BCUT2D eigenvalue weighted by Crippen LogP contribution is -2.04. The van der Waals surface area contributed by atoms with Crippen LogP contribution in [0.4, 0.5) is 5.95 Å². The van der Waals surface area contributed by atoms with Gasteiger partial charge in [0, 0.05) is 6.54 Å². The van der Waals surface area contributed by atoms with Crippen molar-refractivity contribution in [2.24, 2.45) is 0 Å². The summed E-state index contributed by atoms with van der Waals surface area (Å²) in [5.74, 6) is 1.08. The summed E-state index contributed by atoms with van der Waals surface area (Å²) in [5.41, 5.74) is 2.43. The van der Waals surface area contributed by atoms with Crippen LogP contribution in [0.15, 0.2) is 34.9 Å². The predicted octanol–water partition coefficient (Wildman–Crippen LogP) is 3.17. The number of hydrogen-bond donors (Lipinski definition) is 1. The van der Waals surface area contributed by atoms with E-state index in [-0.39, 0.29) is 0 Å². The van der Waals surface area contributed by atoms with Crippen LogP contribution in [0.5, 0.6) is 5.88 Å². The minimum Gasteiger partial charge on any atom is -0.480 e. The predicted molar refractivity (Wildman–Crippen MR) is 74.8 cm³/mol. The third-order valence-electron chi connectivity index (χ3n) is 2.44. The van der Waals surface area contributed by atoms with E-state index in [1.54, 1.807) is 13.3 Å². The summed E-state index contributed by atoms with van der Waals surface area (Å²) in [7, 11) is 1.58. The van der Waals surface area contributed by atoms with Crippen molar-refractivity contribution in [3.63, 3.8) is 0 Å². The third kappa shape index (κ3) is 3.20. The average Bonchev–Trinajstić information content (AvgIpc) is 2.38. The molecule has 0 atom stereocenters. The number of methoxy groups -OCH3 is 1. The molecule has 5 heteroatoms. The molecule has 18 heavy (non-hydrogen) atoms. The zero-order valence-corrected chi connectivity index (χ0v) is 11.9. The number of hydrogen-bond acceptors (Lipinski definition) is 4. The van der Waals surface area contributed by atoms with Crippen LogP contribution in [0.1, 0.15) is 11.1 Å². The number of aryl methyl sites for hydroxylation is 1. The largest absolute Gasteiger partial charge is 0.480 e. The number of rotatable bonds is 4. The fourth-order valence-electron chi connectivity index (χ4n) is 1.58. The van der Waals surface area contributed by atoms with Crippen LogP contribution in [0.3, 0.4) is 0 Å². The van der Waals surface area contributed by atoms with Crippen molar-refractivity contribution in [1.29, 1.82) is 0 Å². The summed E-state index contributed by atoms with van der Waals surface area (Å²) in [6.07, 6.45) is 1.67. The molecule has 1 heterocycles. The molecule has 0 unspecified atom stereocenters. The molecule has 1 aromatic carbocycles. The highest BCUT2D eigenvalue weighted by Gasteiger charge is 2.04. The van der Waals surface area contributed by atoms with E-state index in [9.17, 15) is 0 Å². The first-order chi connectivity index (χ1) is 8.69. The molecule has 94 valence electrons. The highest BCUT2D eigenvalue weighted by atomic mass is 79.9. The van der Waals surface area contributed by atoms with Crippen molar-refractivity contribution < 1.29 is 4.74 Å². The molecule has 1 N–H and O–H groups in total. The minimum absolute atomic E-state index is 0.525. The number of nitrogens with zero attached hydrogens (tertiary/aromatic N) is 2. The van der Waals surface area contributed by atoms with Crippen LogP contribution in [0, 0.1) is 6.92 Å². The smallest absolute Gasteiger partial charge is 0.232 e. The topological polar surface area (TPSA) is 47.0 Å². The molecule has 4 nitrogen and oxygen atoms in total. The second-order valence-corrected chi connectivity index (χ2v) is 4.75. The van der Waals surface area contributed by atoms with Crippen LogP contribution in [0.25, 0.3) is 0 Å². The number of halogens is 1. The second-order valence-electron chi connectivity index (χ2n) is 3.89. The lowest BCUT2D eigenvalue weighted by atomic mass is 10.1. The Hall–Kier alpha value is -1.62. The van der Waals surface area contributed by atoms with E-state index in [2.05, 4.69) is 56.3 Å². The molecule has 0 radical (unpaired) electrons. The molecule has 0 fully saturated rings. The van der Waals surface area contributed by atoms with Gasteiger partial charge in [0.15, 0.2) is 0 Å². The Morgan fingerprint density at radius 1 is 1.39 bits per heavy atom. The van der Waals surface area contributed by atoms with E-state index < -0.39 is 0 Å². The van der Waals surface area contributed by atoms with Crippen molar-refractivity contribution >= 4 is 21.9 Å². The van der Waals surface area contributed by atoms with E-state index >= 15 is 0 Å². The van der Waals surface area contributed by atoms with Crippen LogP contribution in [-0.4, -0.2) is 17.1 Å². The van der Waals surface area contributed by atoms with E-state index in [4.69, 9.17) is 4.74 Å². The van der Waals surface area contributed by atoms with Gasteiger partial charge < -0.3 is 10.1 Å². The molecular weight excluding hydrogens is 294 g/mol. The molecule has 0 saturated carbocycles. The van der Waals surface area contributed by atoms with E-state index in [0.29, 0.717) is 18.4 Å². The molecule has 0 aliphatic carbocycles. The Morgan fingerprint density at radius 3 is 2.94 bits per heavy atom. The van der Waals surface area contributed by atoms with Gasteiger partial charge in [-0.3, -0.25) is 0 Å². The fourth-order valence-corrected chi connectivity index (χ4v) is 1.94. The number of nitrogens with one attached hydrogen (secondary N) is 1. The minimum atomic E-state index is 0.525. The lowest BCUT2D eigenvalue weighted by Gasteiger charge is -2.07. The first-order valence-electron chi connectivity index (χ1n) is 5.55. The van der Waals surface area contributed by atoms with Gasteiger partial charge in [-0.15, -0.1) is 0 Å². The van der Waals surface area contributed by atoms with Crippen molar-refractivity contribution in [2.45, 2.75) is 13.5 Å². The Balaban J connectivity index is 2.06. The Bertz CT molecular complexity index is 546. The maximum Gasteiger partial charge on any atom is 0.232 e. The van der Waals surface area contributed by atoms with E-state index in [0.717, 1.165) is 4.47 Å². The SMILES string of the molecule is COc1nc(NCc2cccc(C)c2)ncc1Br. The van der Waals surface area contributed by atoms with Crippen LogP contribution in [0.2, 0.25) is 0 Å². The summed E-state index contributed by atoms with van der Waals surface area (Å²) in [6.45, 7) is 2.76. The Labute approximate surface area is 115 Å². The lowest BCUT2D eigenvalue weighted by molar-refractivity contribution is 0.394. The molecule has 0 amide bonds. The number of ether oxygens (including phenoxy) is 1. The van der Waals surface area contributed by atoms with Crippen molar-refractivity contribution in [2.75, 3.05) is 12.4 Å². The molecule has 0 aliphatic heterocycles. The maximum absolute atomic E-state index is 5.12. The molecule has 1 aromatic heterocycles. The molecule has 0 aliphatic rings. The summed E-state index contributed by atoms with van der Waals surface area (Å²) in [6, 6.07) is 8.30. The fraction of sp³-hybridized carbons (Fsp3) is 0.231. The van der Waals surface area contributed by atoms with Gasteiger partial charge in [0.25, 0.3) is 0 Å².